The van der Waals surface area contributed by atoms with Crippen LogP contribution in [0.3, 0.4) is 0 Å². The van der Waals surface area contributed by atoms with E-state index >= 15 is 0 Å². The van der Waals surface area contributed by atoms with Crippen molar-refractivity contribution in [2.24, 2.45) is 10.2 Å². The number of aromatic hydroxyl groups is 1. The molecule has 2 aromatic carbocycles. The molecular weight excluding hydrogens is 252 g/mol. The number of phenols is 1. The van der Waals surface area contributed by atoms with E-state index in [4.69, 9.17) is 0 Å². The Kier molecular flexibility index (Phi) is 3.29. The topological polar surface area (TPSA) is 62.0 Å². The average Bonchev–Trinajstić information content (AvgIpc) is 2.97. The summed E-state index contributed by atoms with van der Waals surface area (Å²) in [6.45, 7) is 0.540. The van der Waals surface area contributed by atoms with Gasteiger partial charge in [-0.15, -0.1) is 0 Å². The molecule has 0 saturated heterocycles. The number of phenolic OH excluding ortho intramolecular Hbond substituents is 1. The molecule has 0 unspecified atom stereocenters. The maximum Gasteiger partial charge on any atom is 0.189 e. The van der Waals surface area contributed by atoms with Crippen LogP contribution in [0.2, 0.25) is 0 Å². The van der Waals surface area contributed by atoms with Crippen LogP contribution < -0.4 is 0 Å². The van der Waals surface area contributed by atoms with Crippen molar-refractivity contribution in [2.75, 3.05) is 6.54 Å². The summed E-state index contributed by atoms with van der Waals surface area (Å²) in [5, 5.41) is 17.4. The molecule has 2 aromatic rings. The van der Waals surface area contributed by atoms with Gasteiger partial charge in [-0.2, -0.15) is 10.2 Å². The first kappa shape index (κ1) is 12.5. The zero-order valence-corrected chi connectivity index (χ0v) is 10.8. The molecule has 0 radical (unpaired) electrons. The van der Waals surface area contributed by atoms with Crippen molar-refractivity contribution in [3.63, 3.8) is 0 Å². The standard InChI is InChI=1S/C16H14N2O2/c19-13-8-6-12(7-9-13)16(20)15-14(10-17-18-15)11-4-2-1-3-5-11/h1-9,14-15,19H,10H2/t14-,15-/m0/s1. The first-order valence-electron chi connectivity index (χ1n) is 6.50. The van der Waals surface area contributed by atoms with Crippen molar-refractivity contribution in [1.82, 2.24) is 0 Å². The summed E-state index contributed by atoms with van der Waals surface area (Å²) in [5.41, 5.74) is 1.63. The van der Waals surface area contributed by atoms with Crippen LogP contribution in [0.15, 0.2) is 64.8 Å². The Morgan fingerprint density at radius 3 is 2.45 bits per heavy atom. The quantitative estimate of drug-likeness (QED) is 0.867. The van der Waals surface area contributed by atoms with E-state index in [0.717, 1.165) is 5.56 Å². The van der Waals surface area contributed by atoms with Gasteiger partial charge in [-0.25, -0.2) is 0 Å². The number of hydrogen-bond donors (Lipinski definition) is 1. The predicted molar refractivity (Wildman–Crippen MR) is 75.1 cm³/mol. The first-order valence-corrected chi connectivity index (χ1v) is 6.50. The van der Waals surface area contributed by atoms with Crippen molar-refractivity contribution in [3.05, 3.63) is 65.7 Å². The molecule has 4 heteroatoms. The first-order chi connectivity index (χ1) is 9.75. The summed E-state index contributed by atoms with van der Waals surface area (Å²) in [6.07, 6.45) is 0. The van der Waals surface area contributed by atoms with Gasteiger partial charge < -0.3 is 5.11 Å². The Morgan fingerprint density at radius 2 is 1.75 bits per heavy atom. The fraction of sp³-hybridized carbons (Fsp3) is 0.188. The fourth-order valence-electron chi connectivity index (χ4n) is 2.42. The molecule has 1 aliphatic heterocycles. The van der Waals surface area contributed by atoms with Crippen molar-refractivity contribution >= 4 is 5.78 Å². The lowest BCUT2D eigenvalue weighted by Gasteiger charge is -2.15. The van der Waals surface area contributed by atoms with Crippen molar-refractivity contribution in [2.45, 2.75) is 12.0 Å². The van der Waals surface area contributed by atoms with Crippen LogP contribution in [0.5, 0.6) is 5.75 Å². The lowest BCUT2D eigenvalue weighted by molar-refractivity contribution is 0.0956. The molecule has 0 saturated carbocycles. The third-order valence-corrected chi connectivity index (χ3v) is 3.51. The van der Waals surface area contributed by atoms with E-state index in [1.807, 2.05) is 30.3 Å². The van der Waals surface area contributed by atoms with Gasteiger partial charge in [-0.05, 0) is 29.8 Å². The van der Waals surface area contributed by atoms with E-state index in [9.17, 15) is 9.90 Å². The molecule has 3 rings (SSSR count). The summed E-state index contributed by atoms with van der Waals surface area (Å²) in [7, 11) is 0. The monoisotopic (exact) mass is 266 g/mol. The lowest BCUT2D eigenvalue weighted by atomic mass is 9.88. The number of benzene rings is 2. The average molecular weight is 266 g/mol. The van der Waals surface area contributed by atoms with Gasteiger partial charge in [0.05, 0.1) is 6.54 Å². The molecule has 0 fully saturated rings. The second-order valence-corrected chi connectivity index (χ2v) is 4.81. The minimum atomic E-state index is -0.470. The molecule has 1 N–H and O–H groups in total. The second kappa shape index (κ2) is 5.25. The highest BCUT2D eigenvalue weighted by Gasteiger charge is 2.33. The highest BCUT2D eigenvalue weighted by molar-refractivity contribution is 6.01. The summed E-state index contributed by atoms with van der Waals surface area (Å²) in [4.78, 5) is 12.5. The molecular formula is C16H14N2O2. The third-order valence-electron chi connectivity index (χ3n) is 3.51. The van der Waals surface area contributed by atoms with Crippen LogP contribution in [-0.4, -0.2) is 23.5 Å². The predicted octanol–water partition coefficient (Wildman–Crippen LogP) is 3.19. The highest BCUT2D eigenvalue weighted by atomic mass is 16.3. The number of ketones is 1. The Morgan fingerprint density at radius 1 is 1.05 bits per heavy atom. The van der Waals surface area contributed by atoms with Crippen molar-refractivity contribution in [1.29, 1.82) is 0 Å². The van der Waals surface area contributed by atoms with Crippen LogP contribution in [0.25, 0.3) is 0 Å². The molecule has 0 aromatic heterocycles. The van der Waals surface area contributed by atoms with E-state index in [-0.39, 0.29) is 17.5 Å². The van der Waals surface area contributed by atoms with E-state index < -0.39 is 6.04 Å². The van der Waals surface area contributed by atoms with Gasteiger partial charge in [0.2, 0.25) is 0 Å². The van der Waals surface area contributed by atoms with E-state index in [2.05, 4.69) is 10.2 Å². The number of Topliss-reactive ketones (excluding diaryl/α,β-unsaturated/α-hetero) is 1. The van der Waals surface area contributed by atoms with E-state index in [1.54, 1.807) is 12.1 Å². The van der Waals surface area contributed by atoms with E-state index in [0.29, 0.717) is 12.1 Å². The van der Waals surface area contributed by atoms with Crippen LogP contribution >= 0.6 is 0 Å². The molecule has 1 aliphatic rings. The molecule has 0 aliphatic carbocycles. The van der Waals surface area contributed by atoms with Crippen LogP contribution in [0, 0.1) is 0 Å². The Bertz CT molecular complexity index is 635. The SMILES string of the molecule is O=C(c1ccc(O)cc1)[C@H]1N=NC[C@H]1c1ccccc1. The van der Waals surface area contributed by atoms with Gasteiger partial charge in [0.1, 0.15) is 11.8 Å². The largest absolute Gasteiger partial charge is 0.508 e. The molecule has 2 atom stereocenters. The zero-order chi connectivity index (χ0) is 13.9. The summed E-state index contributed by atoms with van der Waals surface area (Å²) < 4.78 is 0. The van der Waals surface area contributed by atoms with Gasteiger partial charge in [0, 0.05) is 11.5 Å². The molecule has 4 nitrogen and oxygen atoms in total. The number of azo groups is 1. The van der Waals surface area contributed by atoms with Crippen LogP contribution in [0.4, 0.5) is 0 Å². The normalized spacial score (nSPS) is 21.0. The number of hydrogen-bond acceptors (Lipinski definition) is 4. The van der Waals surface area contributed by atoms with Crippen molar-refractivity contribution < 1.29 is 9.90 Å². The zero-order valence-electron chi connectivity index (χ0n) is 10.8. The molecule has 0 amide bonds. The molecule has 20 heavy (non-hydrogen) atoms. The van der Waals surface area contributed by atoms with Gasteiger partial charge in [-0.1, -0.05) is 30.3 Å². The minimum absolute atomic E-state index is 0.00231. The number of carbonyl (C=O) groups excluding carboxylic acids is 1. The van der Waals surface area contributed by atoms with Crippen LogP contribution in [-0.2, 0) is 0 Å². The van der Waals surface area contributed by atoms with E-state index in [1.165, 1.54) is 12.1 Å². The summed E-state index contributed by atoms with van der Waals surface area (Å²) in [5.74, 6) is 0.0896. The third kappa shape index (κ3) is 2.32. The van der Waals surface area contributed by atoms with Crippen LogP contribution in [0.1, 0.15) is 21.8 Å². The number of rotatable bonds is 3. The van der Waals surface area contributed by atoms with Gasteiger partial charge >= 0.3 is 0 Å². The van der Waals surface area contributed by atoms with Gasteiger partial charge in [0.25, 0.3) is 0 Å². The highest BCUT2D eigenvalue weighted by Crippen LogP contribution is 2.30. The molecule has 1 heterocycles. The Balaban J connectivity index is 1.87. The maximum atomic E-state index is 12.5. The lowest BCUT2D eigenvalue weighted by Crippen LogP contribution is -2.24. The number of carbonyl (C=O) groups is 1. The van der Waals surface area contributed by atoms with Gasteiger partial charge in [-0.3, -0.25) is 4.79 Å². The van der Waals surface area contributed by atoms with Crippen molar-refractivity contribution in [3.8, 4) is 5.75 Å². The smallest absolute Gasteiger partial charge is 0.189 e. The molecule has 0 bridgehead atoms. The van der Waals surface area contributed by atoms with Gasteiger partial charge in [0.15, 0.2) is 5.78 Å². The molecule has 100 valence electrons. The summed E-state index contributed by atoms with van der Waals surface area (Å²) >= 11 is 0. The fourth-order valence-corrected chi connectivity index (χ4v) is 2.42. The molecule has 0 spiro atoms. The second-order valence-electron chi connectivity index (χ2n) is 4.81. The Hall–Kier alpha value is -2.49. The Labute approximate surface area is 116 Å². The summed E-state index contributed by atoms with van der Waals surface area (Å²) in [6, 6.07) is 15.6. The maximum absolute atomic E-state index is 12.5. The minimum Gasteiger partial charge on any atom is -0.508 e. The number of nitrogens with zero attached hydrogens (tertiary/aromatic N) is 2.